The van der Waals surface area contributed by atoms with E-state index >= 15 is 0 Å². The van der Waals surface area contributed by atoms with Gasteiger partial charge in [0.15, 0.2) is 0 Å². The molecule has 0 saturated carbocycles. The summed E-state index contributed by atoms with van der Waals surface area (Å²) in [5, 5.41) is 12.7. The van der Waals surface area contributed by atoms with Crippen LogP contribution >= 0.6 is 34.5 Å². The van der Waals surface area contributed by atoms with Crippen molar-refractivity contribution in [1.29, 1.82) is 0 Å². The number of amides is 1. The van der Waals surface area contributed by atoms with Gasteiger partial charge in [0, 0.05) is 12.0 Å². The fourth-order valence-corrected chi connectivity index (χ4v) is 3.30. The zero-order valence-electron chi connectivity index (χ0n) is 14.5. The first-order valence-corrected chi connectivity index (χ1v) is 9.93. The third-order valence-electron chi connectivity index (χ3n) is 3.79. The first-order valence-electron chi connectivity index (χ1n) is 8.35. The van der Waals surface area contributed by atoms with E-state index in [1.54, 1.807) is 12.1 Å². The molecule has 0 saturated heterocycles. The molecule has 0 aliphatic rings. The molecule has 5 nitrogen and oxygen atoms in total. The van der Waals surface area contributed by atoms with Crippen LogP contribution in [-0.2, 0) is 12.8 Å². The number of aryl methyl sites for hydroxylation is 1. The van der Waals surface area contributed by atoms with Gasteiger partial charge in [0.25, 0.3) is 5.91 Å². The van der Waals surface area contributed by atoms with Gasteiger partial charge < -0.3 is 4.74 Å². The summed E-state index contributed by atoms with van der Waals surface area (Å²) >= 11 is 13.1. The molecule has 3 aromatic rings. The number of anilines is 1. The third kappa shape index (κ3) is 5.42. The zero-order chi connectivity index (χ0) is 19.2. The van der Waals surface area contributed by atoms with Crippen LogP contribution in [0.4, 0.5) is 5.13 Å². The van der Waals surface area contributed by atoms with Gasteiger partial charge in [0.2, 0.25) is 5.13 Å². The number of nitrogens with one attached hydrogen (secondary N) is 1. The quantitative estimate of drug-likeness (QED) is 0.563. The van der Waals surface area contributed by atoms with Gasteiger partial charge in [-0.05, 0) is 42.3 Å². The standard InChI is InChI=1S/C19H17Cl2N3O2S/c1-2-12-3-6-14(7-4-12)26-10-9-17-23-24-19(27-17)22-18(25)13-5-8-15(20)16(21)11-13/h3-8,11H,2,9-10H2,1H3,(H,22,24,25). The van der Waals surface area contributed by atoms with E-state index in [1.807, 2.05) is 12.1 Å². The largest absolute Gasteiger partial charge is 0.493 e. The third-order valence-corrected chi connectivity index (χ3v) is 5.42. The van der Waals surface area contributed by atoms with Gasteiger partial charge >= 0.3 is 0 Å². The predicted octanol–water partition coefficient (Wildman–Crippen LogP) is 5.28. The van der Waals surface area contributed by atoms with Crippen molar-refractivity contribution in [2.24, 2.45) is 0 Å². The van der Waals surface area contributed by atoms with Crippen LogP contribution in [0, 0.1) is 0 Å². The van der Waals surface area contributed by atoms with Crippen LogP contribution in [0.2, 0.25) is 10.0 Å². The van der Waals surface area contributed by atoms with Crippen molar-refractivity contribution in [3.05, 3.63) is 68.6 Å². The maximum absolute atomic E-state index is 12.2. The van der Waals surface area contributed by atoms with E-state index in [9.17, 15) is 4.79 Å². The minimum absolute atomic E-state index is 0.316. The molecular weight excluding hydrogens is 405 g/mol. The number of carbonyl (C=O) groups is 1. The Morgan fingerprint density at radius 2 is 1.89 bits per heavy atom. The summed E-state index contributed by atoms with van der Waals surface area (Å²) in [5.41, 5.74) is 1.67. The lowest BCUT2D eigenvalue weighted by Crippen LogP contribution is -2.11. The van der Waals surface area contributed by atoms with Gasteiger partial charge in [-0.1, -0.05) is 53.6 Å². The smallest absolute Gasteiger partial charge is 0.257 e. The van der Waals surface area contributed by atoms with Crippen LogP contribution in [0.15, 0.2) is 42.5 Å². The molecule has 0 spiro atoms. The number of rotatable bonds is 7. The summed E-state index contributed by atoms with van der Waals surface area (Å²) in [6, 6.07) is 12.7. The molecule has 1 aromatic heterocycles. The highest BCUT2D eigenvalue weighted by Gasteiger charge is 2.12. The molecular formula is C19H17Cl2N3O2S. The van der Waals surface area contributed by atoms with E-state index < -0.39 is 0 Å². The number of nitrogens with zero attached hydrogens (tertiary/aromatic N) is 2. The van der Waals surface area contributed by atoms with Gasteiger partial charge in [-0.25, -0.2) is 0 Å². The predicted molar refractivity (Wildman–Crippen MR) is 109 cm³/mol. The Balaban J connectivity index is 1.51. The lowest BCUT2D eigenvalue weighted by molar-refractivity contribution is 0.102. The summed E-state index contributed by atoms with van der Waals surface area (Å²) in [6.07, 6.45) is 1.61. The SMILES string of the molecule is CCc1ccc(OCCc2nnc(NC(=O)c3ccc(Cl)c(Cl)c3)s2)cc1. The van der Waals surface area contributed by atoms with E-state index in [2.05, 4.69) is 34.6 Å². The fourth-order valence-electron chi connectivity index (χ4n) is 2.29. The number of benzene rings is 2. The van der Waals surface area contributed by atoms with Gasteiger partial charge in [0.05, 0.1) is 16.7 Å². The normalized spacial score (nSPS) is 10.6. The highest BCUT2D eigenvalue weighted by Crippen LogP contribution is 2.24. The topological polar surface area (TPSA) is 64.1 Å². The van der Waals surface area contributed by atoms with Crippen molar-refractivity contribution in [3.8, 4) is 5.75 Å². The van der Waals surface area contributed by atoms with Crippen molar-refractivity contribution in [3.63, 3.8) is 0 Å². The Kier molecular flexibility index (Phi) is 6.66. The van der Waals surface area contributed by atoms with Crippen LogP contribution in [-0.4, -0.2) is 22.7 Å². The Morgan fingerprint density at radius 1 is 1.11 bits per heavy atom. The molecule has 1 heterocycles. The van der Waals surface area contributed by atoms with Gasteiger partial charge in [-0.2, -0.15) is 0 Å². The van der Waals surface area contributed by atoms with Crippen LogP contribution < -0.4 is 10.1 Å². The van der Waals surface area contributed by atoms with Gasteiger partial charge in [0.1, 0.15) is 10.8 Å². The highest BCUT2D eigenvalue weighted by atomic mass is 35.5. The molecule has 2 aromatic carbocycles. The van der Waals surface area contributed by atoms with Crippen LogP contribution in [0.25, 0.3) is 0 Å². The minimum atomic E-state index is -0.316. The van der Waals surface area contributed by atoms with E-state index in [1.165, 1.54) is 23.0 Å². The van der Waals surface area contributed by atoms with E-state index in [0.717, 1.165) is 17.2 Å². The molecule has 3 rings (SSSR count). The van der Waals surface area contributed by atoms with Crippen LogP contribution in [0.3, 0.4) is 0 Å². The molecule has 0 atom stereocenters. The molecule has 8 heteroatoms. The number of hydrogen-bond acceptors (Lipinski definition) is 5. The lowest BCUT2D eigenvalue weighted by atomic mass is 10.2. The van der Waals surface area contributed by atoms with Gasteiger partial charge in [-0.15, -0.1) is 10.2 Å². The summed E-state index contributed by atoms with van der Waals surface area (Å²) < 4.78 is 5.72. The number of ether oxygens (including phenoxy) is 1. The Bertz CT molecular complexity index is 929. The van der Waals surface area contributed by atoms with Crippen LogP contribution in [0.5, 0.6) is 5.75 Å². The van der Waals surface area contributed by atoms with E-state index in [4.69, 9.17) is 27.9 Å². The second-order valence-electron chi connectivity index (χ2n) is 5.68. The first kappa shape index (κ1) is 19.6. The Hall–Kier alpha value is -2.15. The molecule has 1 N–H and O–H groups in total. The molecule has 0 aliphatic heterocycles. The molecule has 0 unspecified atom stereocenters. The molecule has 140 valence electrons. The lowest BCUT2D eigenvalue weighted by Gasteiger charge is -2.05. The number of hydrogen-bond donors (Lipinski definition) is 1. The van der Waals surface area contributed by atoms with Crippen molar-refractivity contribution < 1.29 is 9.53 Å². The van der Waals surface area contributed by atoms with Crippen molar-refractivity contribution >= 4 is 45.6 Å². The molecule has 1 amide bonds. The summed E-state index contributed by atoms with van der Waals surface area (Å²) in [7, 11) is 0. The molecule has 0 bridgehead atoms. The van der Waals surface area contributed by atoms with Crippen LogP contribution in [0.1, 0.15) is 27.9 Å². The average Bonchev–Trinajstić information content (AvgIpc) is 3.11. The highest BCUT2D eigenvalue weighted by molar-refractivity contribution is 7.15. The Morgan fingerprint density at radius 3 is 2.59 bits per heavy atom. The fraction of sp³-hybridized carbons (Fsp3) is 0.211. The van der Waals surface area contributed by atoms with Crippen molar-refractivity contribution in [1.82, 2.24) is 10.2 Å². The second kappa shape index (κ2) is 9.17. The minimum Gasteiger partial charge on any atom is -0.493 e. The summed E-state index contributed by atoms with van der Waals surface area (Å²) in [5.74, 6) is 0.508. The number of halogens is 2. The molecule has 0 aliphatic carbocycles. The van der Waals surface area contributed by atoms with E-state index in [-0.39, 0.29) is 5.91 Å². The summed E-state index contributed by atoms with van der Waals surface area (Å²) in [6.45, 7) is 2.60. The Labute approximate surface area is 171 Å². The monoisotopic (exact) mass is 421 g/mol. The number of carbonyl (C=O) groups excluding carboxylic acids is 1. The molecule has 0 fully saturated rings. The molecule has 27 heavy (non-hydrogen) atoms. The summed E-state index contributed by atoms with van der Waals surface area (Å²) in [4.78, 5) is 12.2. The average molecular weight is 422 g/mol. The van der Waals surface area contributed by atoms with Gasteiger partial charge in [-0.3, -0.25) is 10.1 Å². The maximum Gasteiger partial charge on any atom is 0.257 e. The maximum atomic E-state index is 12.2. The van der Waals surface area contributed by atoms with E-state index in [0.29, 0.717) is 33.8 Å². The van der Waals surface area contributed by atoms with Crippen molar-refractivity contribution in [2.75, 3.05) is 11.9 Å². The van der Waals surface area contributed by atoms with Crippen molar-refractivity contribution in [2.45, 2.75) is 19.8 Å². The first-order chi connectivity index (χ1) is 13.0. The zero-order valence-corrected chi connectivity index (χ0v) is 16.9. The molecule has 0 radical (unpaired) electrons. The second-order valence-corrected chi connectivity index (χ2v) is 7.56. The number of aromatic nitrogens is 2.